The molecule has 7 nitrogen and oxygen atoms in total. The van der Waals surface area contributed by atoms with E-state index in [-0.39, 0.29) is 5.25 Å². The van der Waals surface area contributed by atoms with Crippen LogP contribution < -0.4 is 0 Å². The van der Waals surface area contributed by atoms with Crippen molar-refractivity contribution in [2.45, 2.75) is 38.0 Å². The lowest BCUT2D eigenvalue weighted by atomic mass is 10.1. The van der Waals surface area contributed by atoms with E-state index in [2.05, 4.69) is 23.1 Å². The number of hydrogen-bond donors (Lipinski definition) is 0. The van der Waals surface area contributed by atoms with E-state index in [4.69, 9.17) is 4.74 Å². The van der Waals surface area contributed by atoms with Crippen LogP contribution in [-0.4, -0.2) is 79.6 Å². The minimum atomic E-state index is -3.25. The minimum Gasteiger partial charge on any atom is -0.383 e. The van der Waals surface area contributed by atoms with Gasteiger partial charge in [0.15, 0.2) is 0 Å². The van der Waals surface area contributed by atoms with E-state index < -0.39 is 10.0 Å². The molecule has 0 aromatic carbocycles. The van der Waals surface area contributed by atoms with Gasteiger partial charge in [0.05, 0.1) is 18.1 Å². The molecular formula is C16H30N4O3S. The number of aryl methyl sites for hydroxylation is 1. The van der Waals surface area contributed by atoms with Gasteiger partial charge in [-0.15, -0.1) is 0 Å². The molecule has 1 fully saturated rings. The largest absolute Gasteiger partial charge is 0.383 e. The van der Waals surface area contributed by atoms with Gasteiger partial charge in [-0.25, -0.2) is 12.7 Å². The van der Waals surface area contributed by atoms with E-state index in [1.807, 2.05) is 10.9 Å². The third-order valence-electron chi connectivity index (χ3n) is 4.66. The molecule has 1 aliphatic heterocycles. The van der Waals surface area contributed by atoms with E-state index >= 15 is 0 Å². The Kier molecular flexibility index (Phi) is 7.21. The molecule has 0 radical (unpaired) electrons. The Balaban J connectivity index is 1.88. The van der Waals surface area contributed by atoms with Gasteiger partial charge in [-0.05, 0) is 38.3 Å². The topological polar surface area (TPSA) is 67.7 Å². The quantitative estimate of drug-likeness (QED) is 0.654. The number of aromatic nitrogens is 2. The molecule has 2 heterocycles. The lowest BCUT2D eigenvalue weighted by molar-refractivity contribution is 0.183. The van der Waals surface area contributed by atoms with Gasteiger partial charge in [0.2, 0.25) is 10.0 Å². The zero-order valence-electron chi connectivity index (χ0n) is 15.0. The molecule has 1 aromatic heterocycles. The molecule has 1 saturated heterocycles. The monoisotopic (exact) mass is 358 g/mol. The van der Waals surface area contributed by atoms with E-state index in [0.717, 1.165) is 38.9 Å². The van der Waals surface area contributed by atoms with Crippen molar-refractivity contribution in [3.05, 3.63) is 18.0 Å². The Morgan fingerprint density at radius 3 is 2.92 bits per heavy atom. The smallest absolute Gasteiger partial charge is 0.218 e. The van der Waals surface area contributed by atoms with Gasteiger partial charge in [-0.2, -0.15) is 5.10 Å². The first-order chi connectivity index (χ1) is 11.5. The highest BCUT2D eigenvalue weighted by Crippen LogP contribution is 2.20. The number of methoxy groups -OCH3 is 1. The summed E-state index contributed by atoms with van der Waals surface area (Å²) in [7, 11) is -0.0227. The number of sulfonamides is 1. The maximum Gasteiger partial charge on any atom is 0.218 e. The lowest BCUT2D eigenvalue weighted by Crippen LogP contribution is -2.47. The van der Waals surface area contributed by atoms with Crippen molar-refractivity contribution in [3.63, 3.8) is 0 Å². The van der Waals surface area contributed by atoms with Gasteiger partial charge < -0.3 is 9.64 Å². The normalized spacial score (nSPS) is 19.9. The zero-order valence-corrected chi connectivity index (χ0v) is 15.8. The first kappa shape index (κ1) is 19.4. The average Bonchev–Trinajstić information content (AvgIpc) is 3.06. The van der Waals surface area contributed by atoms with Crippen LogP contribution in [-0.2, 0) is 27.7 Å². The van der Waals surface area contributed by atoms with Gasteiger partial charge in [0.1, 0.15) is 0 Å². The molecule has 138 valence electrons. The highest BCUT2D eigenvalue weighted by atomic mass is 32.2. The number of piperidine rings is 1. The van der Waals surface area contributed by atoms with E-state index in [1.54, 1.807) is 14.2 Å². The number of likely N-dealkylation sites (tertiary alicyclic amines) is 1. The van der Waals surface area contributed by atoms with Crippen molar-refractivity contribution < 1.29 is 13.2 Å². The second kappa shape index (κ2) is 8.94. The summed E-state index contributed by atoms with van der Waals surface area (Å²) in [4.78, 5) is 2.26. The molecule has 2 rings (SSSR count). The van der Waals surface area contributed by atoms with E-state index in [1.165, 1.54) is 9.87 Å². The molecule has 0 N–H and O–H groups in total. The molecule has 1 unspecified atom stereocenters. The van der Waals surface area contributed by atoms with Crippen LogP contribution in [0.25, 0.3) is 0 Å². The highest BCUT2D eigenvalue weighted by Gasteiger charge is 2.33. The van der Waals surface area contributed by atoms with Crippen LogP contribution in [0.1, 0.15) is 25.3 Å². The molecule has 0 saturated carbocycles. The predicted octanol–water partition coefficient (Wildman–Crippen LogP) is 0.818. The van der Waals surface area contributed by atoms with Crippen molar-refractivity contribution in [1.29, 1.82) is 0 Å². The molecule has 0 spiro atoms. The summed E-state index contributed by atoms with van der Waals surface area (Å²) >= 11 is 0. The number of likely N-dealkylation sites (N-methyl/N-ethyl adjacent to an activating group) is 1. The molecule has 1 aromatic rings. The standard InChI is InChI=1S/C16H30N4O3S/c1-4-20-13-15(12-17-20)7-9-19-8-5-6-16(14-19)24(21,22)18(2)10-11-23-3/h12-13,16H,4-11,14H2,1-3H3. The Hall–Kier alpha value is -0.960. The molecule has 0 bridgehead atoms. The summed E-state index contributed by atoms with van der Waals surface area (Å²) in [5.74, 6) is 0. The van der Waals surface area contributed by atoms with Crippen molar-refractivity contribution in [3.8, 4) is 0 Å². The predicted molar refractivity (Wildman–Crippen MR) is 94.5 cm³/mol. The fourth-order valence-corrected chi connectivity index (χ4v) is 4.76. The summed E-state index contributed by atoms with van der Waals surface area (Å²) in [6.07, 6.45) is 6.54. The zero-order chi connectivity index (χ0) is 17.6. The van der Waals surface area contributed by atoms with Gasteiger partial charge in [-0.3, -0.25) is 4.68 Å². The minimum absolute atomic E-state index is 0.313. The van der Waals surface area contributed by atoms with Gasteiger partial charge >= 0.3 is 0 Å². The van der Waals surface area contributed by atoms with Crippen LogP contribution >= 0.6 is 0 Å². The molecular weight excluding hydrogens is 328 g/mol. The maximum absolute atomic E-state index is 12.7. The summed E-state index contributed by atoms with van der Waals surface area (Å²) in [6.45, 7) is 6.23. The number of rotatable bonds is 9. The number of nitrogens with zero attached hydrogens (tertiary/aromatic N) is 4. The second-order valence-corrected chi connectivity index (χ2v) is 8.70. The van der Waals surface area contributed by atoms with Crippen molar-refractivity contribution >= 4 is 10.0 Å². The SMILES string of the molecule is CCn1cc(CCN2CCCC(S(=O)(=O)N(C)CCOC)C2)cn1. The summed E-state index contributed by atoms with van der Waals surface area (Å²) in [6, 6.07) is 0. The van der Waals surface area contributed by atoms with Crippen LogP contribution in [0.2, 0.25) is 0 Å². The molecule has 8 heteroatoms. The lowest BCUT2D eigenvalue weighted by Gasteiger charge is -2.34. The van der Waals surface area contributed by atoms with E-state index in [0.29, 0.717) is 19.7 Å². The van der Waals surface area contributed by atoms with Crippen LogP contribution in [0, 0.1) is 0 Å². The molecule has 1 aliphatic rings. The van der Waals surface area contributed by atoms with Gasteiger partial charge in [0, 0.05) is 46.5 Å². The van der Waals surface area contributed by atoms with Crippen LogP contribution in [0.5, 0.6) is 0 Å². The van der Waals surface area contributed by atoms with Gasteiger partial charge in [0.25, 0.3) is 0 Å². The summed E-state index contributed by atoms with van der Waals surface area (Å²) in [5.41, 5.74) is 1.21. The Bertz CT molecular complexity index is 602. The first-order valence-corrected chi connectivity index (χ1v) is 10.2. The van der Waals surface area contributed by atoms with Crippen LogP contribution in [0.15, 0.2) is 12.4 Å². The number of ether oxygens (including phenoxy) is 1. The molecule has 0 aliphatic carbocycles. The fraction of sp³-hybridized carbons (Fsp3) is 0.812. The van der Waals surface area contributed by atoms with Crippen molar-refractivity contribution in [2.75, 3.05) is 46.9 Å². The highest BCUT2D eigenvalue weighted by molar-refractivity contribution is 7.89. The average molecular weight is 359 g/mol. The summed E-state index contributed by atoms with van der Waals surface area (Å²) < 4.78 is 33.7. The second-order valence-electron chi connectivity index (χ2n) is 6.38. The first-order valence-electron chi connectivity index (χ1n) is 8.65. The van der Waals surface area contributed by atoms with Crippen LogP contribution in [0.3, 0.4) is 0 Å². The van der Waals surface area contributed by atoms with Crippen molar-refractivity contribution in [2.24, 2.45) is 0 Å². The van der Waals surface area contributed by atoms with E-state index in [9.17, 15) is 8.42 Å². The molecule has 1 atom stereocenters. The Morgan fingerprint density at radius 2 is 2.25 bits per heavy atom. The van der Waals surface area contributed by atoms with Gasteiger partial charge in [-0.1, -0.05) is 0 Å². The molecule has 24 heavy (non-hydrogen) atoms. The number of hydrogen-bond acceptors (Lipinski definition) is 5. The third-order valence-corrected chi connectivity index (χ3v) is 6.93. The fourth-order valence-electron chi connectivity index (χ4n) is 3.06. The van der Waals surface area contributed by atoms with Crippen molar-refractivity contribution in [1.82, 2.24) is 19.0 Å². The third kappa shape index (κ3) is 5.02. The van der Waals surface area contributed by atoms with Crippen LogP contribution in [0.4, 0.5) is 0 Å². The Labute approximate surface area is 145 Å². The summed E-state index contributed by atoms with van der Waals surface area (Å²) in [5, 5.41) is 3.97. The molecule has 0 amide bonds. The Morgan fingerprint density at radius 1 is 1.46 bits per heavy atom. The maximum atomic E-state index is 12.7.